The SMILES string of the molecule is CC(=O)Nc1ccc(Cc2ccc3ccc(C#CCc4ccccc4)cc3c2O)cc1. The fourth-order valence-corrected chi connectivity index (χ4v) is 3.54. The summed E-state index contributed by atoms with van der Waals surface area (Å²) in [4.78, 5) is 11.2. The number of phenolic OH excluding ortho intramolecular Hbond substituents is 1. The molecule has 0 saturated carbocycles. The van der Waals surface area contributed by atoms with Crippen molar-refractivity contribution >= 4 is 22.4 Å². The third-order valence-electron chi connectivity index (χ3n) is 5.11. The Bertz CT molecular complexity index is 1280. The zero-order chi connectivity index (χ0) is 21.6. The number of benzene rings is 4. The molecule has 4 rings (SSSR count). The van der Waals surface area contributed by atoms with Crippen molar-refractivity contribution in [1.82, 2.24) is 0 Å². The van der Waals surface area contributed by atoms with Gasteiger partial charge in [-0.2, -0.15) is 0 Å². The van der Waals surface area contributed by atoms with Crippen molar-refractivity contribution in [2.24, 2.45) is 0 Å². The van der Waals surface area contributed by atoms with Crippen molar-refractivity contribution in [3.63, 3.8) is 0 Å². The molecule has 3 nitrogen and oxygen atoms in total. The summed E-state index contributed by atoms with van der Waals surface area (Å²) in [5, 5.41) is 15.5. The molecule has 31 heavy (non-hydrogen) atoms. The maximum atomic E-state index is 11.2. The minimum Gasteiger partial charge on any atom is -0.507 e. The van der Waals surface area contributed by atoms with E-state index in [1.165, 1.54) is 12.5 Å². The smallest absolute Gasteiger partial charge is 0.221 e. The van der Waals surface area contributed by atoms with Crippen LogP contribution in [0.15, 0.2) is 84.9 Å². The molecule has 3 heteroatoms. The van der Waals surface area contributed by atoms with Gasteiger partial charge in [0.05, 0.1) is 0 Å². The standard InChI is InChI=1S/C28H23NO2/c1-20(30)29-26-16-11-23(12-17-26)18-25-15-14-24-13-10-22(19-27(24)28(25)31)9-5-8-21-6-3-2-4-7-21/h2-4,6-7,10-17,19,31H,8,18H2,1H3,(H,29,30). The second-order valence-electron chi connectivity index (χ2n) is 7.53. The van der Waals surface area contributed by atoms with E-state index in [-0.39, 0.29) is 11.7 Å². The zero-order valence-corrected chi connectivity index (χ0v) is 17.4. The molecular weight excluding hydrogens is 382 g/mol. The molecule has 4 aromatic rings. The molecule has 0 atom stereocenters. The molecule has 152 valence electrons. The Balaban J connectivity index is 1.55. The normalized spacial score (nSPS) is 10.4. The average molecular weight is 405 g/mol. The van der Waals surface area contributed by atoms with E-state index in [4.69, 9.17) is 0 Å². The first-order valence-corrected chi connectivity index (χ1v) is 10.2. The zero-order valence-electron chi connectivity index (χ0n) is 17.4. The minimum atomic E-state index is -0.0948. The van der Waals surface area contributed by atoms with Gasteiger partial charge in [-0.15, -0.1) is 0 Å². The molecule has 0 saturated heterocycles. The molecule has 0 aromatic heterocycles. The number of carbonyl (C=O) groups excluding carboxylic acids is 1. The number of rotatable bonds is 4. The van der Waals surface area contributed by atoms with Crippen LogP contribution in [0.3, 0.4) is 0 Å². The predicted molar refractivity (Wildman–Crippen MR) is 126 cm³/mol. The molecule has 0 radical (unpaired) electrons. The molecule has 4 aromatic carbocycles. The third-order valence-corrected chi connectivity index (χ3v) is 5.11. The first kappa shape index (κ1) is 20.3. The van der Waals surface area contributed by atoms with Gasteiger partial charge in [0.15, 0.2) is 0 Å². The number of fused-ring (bicyclic) bond motifs is 1. The van der Waals surface area contributed by atoms with Crippen LogP contribution >= 0.6 is 0 Å². The van der Waals surface area contributed by atoms with E-state index < -0.39 is 0 Å². The van der Waals surface area contributed by atoms with Gasteiger partial charge in [0.1, 0.15) is 5.75 Å². The highest BCUT2D eigenvalue weighted by Crippen LogP contribution is 2.31. The van der Waals surface area contributed by atoms with Gasteiger partial charge in [-0.05, 0) is 46.3 Å². The summed E-state index contributed by atoms with van der Waals surface area (Å²) in [6, 6.07) is 27.7. The van der Waals surface area contributed by atoms with Crippen LogP contribution in [-0.4, -0.2) is 11.0 Å². The Hall–Kier alpha value is -4.03. The van der Waals surface area contributed by atoms with E-state index in [0.29, 0.717) is 12.8 Å². The fourth-order valence-electron chi connectivity index (χ4n) is 3.54. The van der Waals surface area contributed by atoms with Crippen LogP contribution in [0.5, 0.6) is 5.75 Å². The second kappa shape index (κ2) is 9.19. The summed E-state index contributed by atoms with van der Waals surface area (Å²) in [6.07, 6.45) is 1.30. The van der Waals surface area contributed by atoms with Crippen LogP contribution in [0.4, 0.5) is 5.69 Å². The van der Waals surface area contributed by atoms with Gasteiger partial charge in [-0.3, -0.25) is 4.79 Å². The fraction of sp³-hybridized carbons (Fsp3) is 0.107. The number of anilines is 1. The number of amides is 1. The highest BCUT2D eigenvalue weighted by Gasteiger charge is 2.08. The second-order valence-corrected chi connectivity index (χ2v) is 7.53. The molecule has 1 amide bonds. The summed E-state index contributed by atoms with van der Waals surface area (Å²) in [5.74, 6) is 6.61. The van der Waals surface area contributed by atoms with Crippen LogP contribution in [0.25, 0.3) is 10.8 Å². The van der Waals surface area contributed by atoms with E-state index >= 15 is 0 Å². The lowest BCUT2D eigenvalue weighted by atomic mass is 9.98. The van der Waals surface area contributed by atoms with Gasteiger partial charge < -0.3 is 10.4 Å². The van der Waals surface area contributed by atoms with Crippen LogP contribution in [0, 0.1) is 11.8 Å². The highest BCUT2D eigenvalue weighted by atomic mass is 16.3. The van der Waals surface area contributed by atoms with E-state index in [1.54, 1.807) is 0 Å². The molecule has 0 spiro atoms. The molecule has 0 aliphatic rings. The van der Waals surface area contributed by atoms with E-state index in [0.717, 1.165) is 33.2 Å². The van der Waals surface area contributed by atoms with E-state index in [1.807, 2.05) is 72.8 Å². The number of carbonyl (C=O) groups is 1. The van der Waals surface area contributed by atoms with Gasteiger partial charge in [-0.25, -0.2) is 0 Å². The number of nitrogens with one attached hydrogen (secondary N) is 1. The molecule has 0 heterocycles. The van der Waals surface area contributed by atoms with Crippen molar-refractivity contribution in [2.75, 3.05) is 5.32 Å². The molecule has 2 N–H and O–H groups in total. The maximum absolute atomic E-state index is 11.2. The first-order valence-electron chi connectivity index (χ1n) is 10.2. The lowest BCUT2D eigenvalue weighted by Gasteiger charge is -2.10. The van der Waals surface area contributed by atoms with Crippen LogP contribution in [0.1, 0.15) is 29.2 Å². The van der Waals surface area contributed by atoms with Crippen molar-refractivity contribution < 1.29 is 9.90 Å². The van der Waals surface area contributed by atoms with Gasteiger partial charge in [0.25, 0.3) is 0 Å². The maximum Gasteiger partial charge on any atom is 0.221 e. The van der Waals surface area contributed by atoms with Crippen molar-refractivity contribution in [2.45, 2.75) is 19.8 Å². The van der Waals surface area contributed by atoms with Crippen LogP contribution in [0.2, 0.25) is 0 Å². The third kappa shape index (κ3) is 5.12. The summed E-state index contributed by atoms with van der Waals surface area (Å²) in [6.45, 7) is 1.49. The van der Waals surface area contributed by atoms with Gasteiger partial charge in [0, 0.05) is 36.4 Å². The molecule has 0 bridgehead atoms. The Kier molecular flexibility index (Phi) is 6.01. The summed E-state index contributed by atoms with van der Waals surface area (Å²) in [7, 11) is 0. The van der Waals surface area contributed by atoms with Gasteiger partial charge >= 0.3 is 0 Å². The molecular formula is C28H23NO2. The summed E-state index contributed by atoms with van der Waals surface area (Å²) < 4.78 is 0. The molecule has 0 fully saturated rings. The Morgan fingerprint density at radius 3 is 2.39 bits per heavy atom. The summed E-state index contributed by atoms with van der Waals surface area (Å²) >= 11 is 0. The highest BCUT2D eigenvalue weighted by molar-refractivity contribution is 5.90. The topological polar surface area (TPSA) is 49.3 Å². The number of hydrogen-bond acceptors (Lipinski definition) is 2. The largest absolute Gasteiger partial charge is 0.507 e. The molecule has 0 aliphatic heterocycles. The van der Waals surface area contributed by atoms with E-state index in [2.05, 4.69) is 29.3 Å². The predicted octanol–water partition coefficient (Wildman–Crippen LogP) is 5.69. The van der Waals surface area contributed by atoms with Crippen molar-refractivity contribution in [1.29, 1.82) is 0 Å². The minimum absolute atomic E-state index is 0.0948. The number of aromatic hydroxyl groups is 1. The van der Waals surface area contributed by atoms with Crippen LogP contribution < -0.4 is 5.32 Å². The van der Waals surface area contributed by atoms with Crippen LogP contribution in [-0.2, 0) is 17.6 Å². The van der Waals surface area contributed by atoms with E-state index in [9.17, 15) is 9.90 Å². The average Bonchev–Trinajstić information content (AvgIpc) is 2.78. The first-order chi connectivity index (χ1) is 15.1. The quantitative estimate of drug-likeness (QED) is 0.429. The lowest BCUT2D eigenvalue weighted by Crippen LogP contribution is -2.05. The molecule has 0 unspecified atom stereocenters. The van der Waals surface area contributed by atoms with Gasteiger partial charge in [0.2, 0.25) is 5.91 Å². The van der Waals surface area contributed by atoms with Crippen molar-refractivity contribution in [3.8, 4) is 17.6 Å². The Morgan fingerprint density at radius 2 is 1.65 bits per heavy atom. The number of phenols is 1. The Morgan fingerprint density at radius 1 is 0.903 bits per heavy atom. The summed E-state index contributed by atoms with van der Waals surface area (Å²) in [5.41, 5.74) is 4.75. The molecule has 0 aliphatic carbocycles. The van der Waals surface area contributed by atoms with Gasteiger partial charge in [-0.1, -0.05) is 72.5 Å². The Labute approximate surface area is 182 Å². The monoisotopic (exact) mass is 405 g/mol. The van der Waals surface area contributed by atoms with Crippen molar-refractivity contribution in [3.05, 3.63) is 107 Å². The number of hydrogen-bond donors (Lipinski definition) is 2. The lowest BCUT2D eigenvalue weighted by molar-refractivity contribution is -0.114.